The summed E-state index contributed by atoms with van der Waals surface area (Å²) in [6, 6.07) is 3.77. The van der Waals surface area contributed by atoms with Gasteiger partial charge in [-0.1, -0.05) is 13.8 Å². The number of aromatic nitrogens is 1. The third kappa shape index (κ3) is 4.48. The maximum Gasteiger partial charge on any atom is 0.229 e. The van der Waals surface area contributed by atoms with E-state index in [2.05, 4.69) is 29.0 Å². The van der Waals surface area contributed by atoms with Gasteiger partial charge in [0, 0.05) is 32.6 Å². The zero-order chi connectivity index (χ0) is 17.8. The van der Waals surface area contributed by atoms with Crippen molar-refractivity contribution in [3.8, 4) is 0 Å². The first-order valence-electron chi connectivity index (χ1n) is 8.90. The normalized spacial score (nSPS) is 21.1. The molecule has 0 unspecified atom stereocenters. The number of nitrogens with one attached hydrogen (secondary N) is 1. The lowest BCUT2D eigenvalue weighted by Gasteiger charge is -2.27. The molecule has 3 heterocycles. The van der Waals surface area contributed by atoms with Gasteiger partial charge in [-0.05, 0) is 18.1 Å². The van der Waals surface area contributed by atoms with Gasteiger partial charge in [0.1, 0.15) is 5.82 Å². The summed E-state index contributed by atoms with van der Waals surface area (Å²) in [5, 5.41) is 2.88. The number of morpholine rings is 1. The van der Waals surface area contributed by atoms with Crippen LogP contribution < -0.4 is 10.2 Å². The van der Waals surface area contributed by atoms with Gasteiger partial charge in [-0.2, -0.15) is 0 Å². The Morgan fingerprint density at radius 3 is 2.76 bits per heavy atom. The van der Waals surface area contributed by atoms with Crippen LogP contribution in [0, 0.1) is 11.8 Å². The molecule has 2 amide bonds. The second-order valence-electron chi connectivity index (χ2n) is 7.09. The zero-order valence-corrected chi connectivity index (χ0v) is 14.9. The lowest BCUT2D eigenvalue weighted by Crippen LogP contribution is -2.36. The molecule has 136 valence electrons. The molecular weight excluding hydrogens is 320 g/mol. The summed E-state index contributed by atoms with van der Waals surface area (Å²) in [5.41, 5.74) is 0.664. The largest absolute Gasteiger partial charge is 0.378 e. The van der Waals surface area contributed by atoms with Crippen LogP contribution in [0.2, 0.25) is 0 Å². The van der Waals surface area contributed by atoms with E-state index in [0.29, 0.717) is 37.9 Å². The monoisotopic (exact) mass is 346 g/mol. The van der Waals surface area contributed by atoms with Crippen LogP contribution in [0.5, 0.6) is 0 Å². The van der Waals surface area contributed by atoms with Crippen LogP contribution in [0.1, 0.15) is 20.3 Å². The third-order valence-electron chi connectivity index (χ3n) is 4.52. The van der Waals surface area contributed by atoms with Crippen LogP contribution >= 0.6 is 0 Å². The lowest BCUT2D eigenvalue weighted by molar-refractivity contribution is -0.128. The number of hydrogen-bond donors (Lipinski definition) is 1. The van der Waals surface area contributed by atoms with Crippen molar-refractivity contribution in [1.29, 1.82) is 0 Å². The Morgan fingerprint density at radius 2 is 2.12 bits per heavy atom. The van der Waals surface area contributed by atoms with E-state index < -0.39 is 0 Å². The fourth-order valence-corrected chi connectivity index (χ4v) is 3.25. The topological polar surface area (TPSA) is 74.8 Å². The molecule has 1 atom stereocenters. The van der Waals surface area contributed by atoms with Crippen molar-refractivity contribution < 1.29 is 14.3 Å². The number of rotatable bonds is 5. The number of pyridine rings is 1. The second kappa shape index (κ2) is 7.82. The number of hydrogen-bond acceptors (Lipinski definition) is 5. The van der Waals surface area contributed by atoms with Gasteiger partial charge in [0.25, 0.3) is 0 Å². The van der Waals surface area contributed by atoms with E-state index in [1.54, 1.807) is 11.1 Å². The summed E-state index contributed by atoms with van der Waals surface area (Å²) in [7, 11) is 0. The number of carbonyl (C=O) groups is 2. The average molecular weight is 346 g/mol. The Balaban J connectivity index is 1.55. The number of likely N-dealkylation sites (tertiary alicyclic amines) is 1. The molecule has 7 heteroatoms. The smallest absolute Gasteiger partial charge is 0.229 e. The molecule has 2 saturated heterocycles. The van der Waals surface area contributed by atoms with Gasteiger partial charge in [-0.15, -0.1) is 0 Å². The minimum Gasteiger partial charge on any atom is -0.378 e. The van der Waals surface area contributed by atoms with Gasteiger partial charge in [0.2, 0.25) is 11.8 Å². The first-order chi connectivity index (χ1) is 12.0. The zero-order valence-electron chi connectivity index (χ0n) is 14.9. The molecule has 2 aliphatic heterocycles. The molecular formula is C18H26N4O3. The van der Waals surface area contributed by atoms with Crippen LogP contribution in [-0.4, -0.2) is 61.1 Å². The molecule has 1 N–H and O–H groups in total. The van der Waals surface area contributed by atoms with E-state index in [1.807, 2.05) is 12.1 Å². The average Bonchev–Trinajstić information content (AvgIpc) is 2.96. The summed E-state index contributed by atoms with van der Waals surface area (Å²) in [5.74, 6) is 0.962. The molecule has 7 nitrogen and oxygen atoms in total. The number of nitrogens with zero attached hydrogens (tertiary/aromatic N) is 3. The first kappa shape index (κ1) is 17.7. The quantitative estimate of drug-likeness (QED) is 0.871. The minimum atomic E-state index is -0.287. The minimum absolute atomic E-state index is 0.0645. The van der Waals surface area contributed by atoms with Crippen molar-refractivity contribution in [3.05, 3.63) is 18.3 Å². The Kier molecular flexibility index (Phi) is 5.53. The highest BCUT2D eigenvalue weighted by atomic mass is 16.5. The van der Waals surface area contributed by atoms with Crippen LogP contribution in [0.25, 0.3) is 0 Å². The Bertz CT molecular complexity index is 611. The predicted octanol–water partition coefficient (Wildman–Crippen LogP) is 1.36. The van der Waals surface area contributed by atoms with Crippen molar-refractivity contribution in [3.63, 3.8) is 0 Å². The molecule has 1 aromatic rings. The number of ether oxygens (including phenoxy) is 1. The Morgan fingerprint density at radius 1 is 1.36 bits per heavy atom. The number of amides is 2. The van der Waals surface area contributed by atoms with Gasteiger partial charge in [-0.25, -0.2) is 4.98 Å². The fraction of sp³-hybridized carbons (Fsp3) is 0.611. The molecule has 0 bridgehead atoms. The van der Waals surface area contributed by atoms with Crippen molar-refractivity contribution in [2.24, 2.45) is 11.8 Å². The van der Waals surface area contributed by atoms with Crippen molar-refractivity contribution >= 4 is 23.3 Å². The van der Waals surface area contributed by atoms with Crippen molar-refractivity contribution in [1.82, 2.24) is 9.88 Å². The van der Waals surface area contributed by atoms with Gasteiger partial charge in [0.05, 0.1) is 31.0 Å². The van der Waals surface area contributed by atoms with Crippen LogP contribution in [-0.2, 0) is 14.3 Å². The summed E-state index contributed by atoms with van der Waals surface area (Å²) in [6.07, 6.45) is 1.96. The molecule has 25 heavy (non-hydrogen) atoms. The third-order valence-corrected chi connectivity index (χ3v) is 4.52. The van der Waals surface area contributed by atoms with E-state index in [-0.39, 0.29) is 24.2 Å². The summed E-state index contributed by atoms with van der Waals surface area (Å²) in [4.78, 5) is 32.8. The van der Waals surface area contributed by atoms with Gasteiger partial charge in [0.15, 0.2) is 0 Å². The van der Waals surface area contributed by atoms with Crippen LogP contribution in [0.3, 0.4) is 0 Å². The summed E-state index contributed by atoms with van der Waals surface area (Å²) in [6.45, 7) is 8.43. The lowest BCUT2D eigenvalue weighted by atomic mass is 10.1. The van der Waals surface area contributed by atoms with Gasteiger partial charge < -0.3 is 19.9 Å². The number of anilines is 2. The van der Waals surface area contributed by atoms with Crippen molar-refractivity contribution in [2.75, 3.05) is 49.6 Å². The molecule has 0 aromatic carbocycles. The van der Waals surface area contributed by atoms with Gasteiger partial charge >= 0.3 is 0 Å². The predicted molar refractivity (Wildman–Crippen MR) is 95.4 cm³/mol. The standard InChI is InChI=1S/C18H26N4O3/c1-13(2)11-22-12-14(9-17(22)23)18(24)20-15-3-4-16(19-10-15)21-5-7-25-8-6-21/h3-4,10,13-14H,5-9,11-12H2,1-2H3,(H,20,24)/t14-/m1/s1. The molecule has 0 radical (unpaired) electrons. The molecule has 2 fully saturated rings. The van der Waals surface area contributed by atoms with E-state index in [9.17, 15) is 9.59 Å². The highest BCUT2D eigenvalue weighted by Gasteiger charge is 2.34. The first-order valence-corrected chi connectivity index (χ1v) is 8.90. The van der Waals surface area contributed by atoms with Crippen LogP contribution in [0.4, 0.5) is 11.5 Å². The van der Waals surface area contributed by atoms with E-state index in [0.717, 1.165) is 18.9 Å². The highest BCUT2D eigenvalue weighted by Crippen LogP contribution is 2.21. The Labute approximate surface area is 148 Å². The molecule has 1 aromatic heterocycles. The van der Waals surface area contributed by atoms with E-state index in [4.69, 9.17) is 4.74 Å². The maximum absolute atomic E-state index is 12.4. The van der Waals surface area contributed by atoms with Gasteiger partial charge in [-0.3, -0.25) is 9.59 Å². The van der Waals surface area contributed by atoms with E-state index >= 15 is 0 Å². The summed E-state index contributed by atoms with van der Waals surface area (Å²) >= 11 is 0. The second-order valence-corrected chi connectivity index (χ2v) is 7.09. The molecule has 0 aliphatic carbocycles. The summed E-state index contributed by atoms with van der Waals surface area (Å²) < 4.78 is 5.34. The SMILES string of the molecule is CC(C)CN1C[C@H](C(=O)Nc2ccc(N3CCOCC3)nc2)CC1=O. The number of carbonyl (C=O) groups excluding carboxylic acids is 2. The Hall–Kier alpha value is -2.15. The van der Waals surface area contributed by atoms with Crippen LogP contribution in [0.15, 0.2) is 18.3 Å². The maximum atomic E-state index is 12.4. The molecule has 2 aliphatic rings. The van der Waals surface area contributed by atoms with Crippen molar-refractivity contribution in [2.45, 2.75) is 20.3 Å². The molecule has 3 rings (SSSR count). The fourth-order valence-electron chi connectivity index (χ4n) is 3.25. The van der Waals surface area contributed by atoms with E-state index in [1.165, 1.54) is 0 Å². The molecule has 0 spiro atoms. The highest BCUT2D eigenvalue weighted by molar-refractivity contribution is 5.97. The molecule has 0 saturated carbocycles.